The Morgan fingerprint density at radius 1 is 1.50 bits per heavy atom. The van der Waals surface area contributed by atoms with E-state index in [2.05, 4.69) is 4.98 Å². The van der Waals surface area contributed by atoms with E-state index in [-0.39, 0.29) is 0 Å². The Morgan fingerprint density at radius 3 is 2.62 bits per heavy atom. The van der Waals surface area contributed by atoms with Gasteiger partial charge in [-0.3, -0.25) is 0 Å². The summed E-state index contributed by atoms with van der Waals surface area (Å²) in [6.07, 6.45) is 1.54. The van der Waals surface area contributed by atoms with Crippen LogP contribution in [0.1, 0.15) is 0 Å². The molecule has 0 aliphatic heterocycles. The van der Waals surface area contributed by atoms with Crippen molar-refractivity contribution in [3.63, 3.8) is 0 Å². The van der Waals surface area contributed by atoms with Crippen LogP contribution in [0, 0.1) is 5.95 Å². The molecule has 0 unspecified atom stereocenters. The molecule has 1 rings (SSSR count). The predicted molar refractivity (Wildman–Crippen MR) is 29.6 cm³/mol. The summed E-state index contributed by atoms with van der Waals surface area (Å²) >= 11 is 1.27. The number of halogens is 1. The molecular formula is C5H3FNSn. The number of pyridine rings is 1. The molecule has 1 aromatic heterocycles. The standard InChI is InChI=1S/C5H3FN.Sn/c6-5-3-1-2-4-7-5;/h1,3-4H;. The van der Waals surface area contributed by atoms with Crippen LogP contribution in [0.4, 0.5) is 4.39 Å². The minimum atomic E-state index is -0.406. The molecule has 0 bridgehead atoms. The summed E-state index contributed by atoms with van der Waals surface area (Å²) in [6, 6.07) is 3.09. The van der Waals surface area contributed by atoms with Crippen molar-refractivity contribution in [2.45, 2.75) is 0 Å². The van der Waals surface area contributed by atoms with Crippen molar-refractivity contribution in [1.29, 1.82) is 0 Å². The van der Waals surface area contributed by atoms with Gasteiger partial charge in [0.15, 0.2) is 0 Å². The van der Waals surface area contributed by atoms with E-state index < -0.39 is 5.95 Å². The molecular weight excluding hydrogens is 212 g/mol. The van der Waals surface area contributed by atoms with Gasteiger partial charge in [0.05, 0.1) is 0 Å². The summed E-state index contributed by atoms with van der Waals surface area (Å²) in [5, 5.41) is 0. The number of hydrogen-bond donors (Lipinski definition) is 0. The van der Waals surface area contributed by atoms with Crippen LogP contribution >= 0.6 is 0 Å². The summed E-state index contributed by atoms with van der Waals surface area (Å²) in [5.41, 5.74) is 0. The van der Waals surface area contributed by atoms with E-state index in [0.717, 1.165) is 3.58 Å². The third-order valence-electron chi connectivity index (χ3n) is 0.727. The minimum absolute atomic E-state index is 0.406. The molecule has 3 heteroatoms. The average molecular weight is 215 g/mol. The van der Waals surface area contributed by atoms with Crippen LogP contribution in [0.25, 0.3) is 0 Å². The molecule has 3 radical (unpaired) electrons. The van der Waals surface area contributed by atoms with Gasteiger partial charge in [-0.25, -0.2) is 0 Å². The Labute approximate surface area is 60.0 Å². The summed E-state index contributed by atoms with van der Waals surface area (Å²) in [4.78, 5) is 3.43. The van der Waals surface area contributed by atoms with Crippen LogP contribution in [0.5, 0.6) is 0 Å². The molecule has 0 saturated heterocycles. The van der Waals surface area contributed by atoms with Crippen molar-refractivity contribution in [2.75, 3.05) is 0 Å². The van der Waals surface area contributed by atoms with Crippen LogP contribution in [0.3, 0.4) is 0 Å². The Hall–Kier alpha value is -0.121. The van der Waals surface area contributed by atoms with Gasteiger partial charge in [0.2, 0.25) is 0 Å². The van der Waals surface area contributed by atoms with Gasteiger partial charge >= 0.3 is 59.8 Å². The molecule has 0 aliphatic rings. The van der Waals surface area contributed by atoms with Gasteiger partial charge in [-0.05, 0) is 0 Å². The number of nitrogens with zero attached hydrogens (tertiary/aromatic N) is 1. The van der Waals surface area contributed by atoms with Crippen molar-refractivity contribution in [3.05, 3.63) is 24.3 Å². The molecule has 8 heavy (non-hydrogen) atoms. The van der Waals surface area contributed by atoms with E-state index in [0.29, 0.717) is 0 Å². The Kier molecular flexibility index (Phi) is 1.83. The molecule has 1 aromatic rings. The van der Waals surface area contributed by atoms with E-state index in [1.165, 1.54) is 34.8 Å². The summed E-state index contributed by atoms with van der Waals surface area (Å²) in [5.74, 6) is -0.406. The van der Waals surface area contributed by atoms with Gasteiger partial charge < -0.3 is 0 Å². The van der Waals surface area contributed by atoms with Gasteiger partial charge in [0, 0.05) is 0 Å². The van der Waals surface area contributed by atoms with Crippen LogP contribution in [-0.4, -0.2) is 27.5 Å². The van der Waals surface area contributed by atoms with Crippen LogP contribution in [0.15, 0.2) is 18.3 Å². The summed E-state index contributed by atoms with van der Waals surface area (Å²) < 4.78 is 13.1. The zero-order valence-corrected chi connectivity index (χ0v) is 6.91. The molecule has 0 aromatic carbocycles. The molecule has 0 saturated carbocycles. The van der Waals surface area contributed by atoms with Gasteiger partial charge in [0.25, 0.3) is 0 Å². The van der Waals surface area contributed by atoms with Crippen molar-refractivity contribution in [3.8, 4) is 0 Å². The van der Waals surface area contributed by atoms with E-state index in [1.807, 2.05) is 0 Å². The number of aromatic nitrogens is 1. The summed E-state index contributed by atoms with van der Waals surface area (Å²) in [6.45, 7) is 0. The maximum atomic E-state index is 12.0. The quantitative estimate of drug-likeness (QED) is 0.438. The van der Waals surface area contributed by atoms with Gasteiger partial charge in [-0.1, -0.05) is 0 Å². The van der Waals surface area contributed by atoms with Gasteiger partial charge in [0.1, 0.15) is 0 Å². The summed E-state index contributed by atoms with van der Waals surface area (Å²) in [7, 11) is 0. The van der Waals surface area contributed by atoms with E-state index in [1.54, 1.807) is 6.07 Å². The monoisotopic (exact) mass is 216 g/mol. The fourth-order valence-corrected chi connectivity index (χ4v) is 0.798. The molecule has 1 nitrogen and oxygen atoms in total. The molecule has 0 amide bonds. The molecule has 0 N–H and O–H groups in total. The molecule has 1 heterocycles. The van der Waals surface area contributed by atoms with Gasteiger partial charge in [-0.15, -0.1) is 0 Å². The maximum absolute atomic E-state index is 12.0. The second-order valence-corrected chi connectivity index (χ2v) is 3.02. The molecule has 0 atom stereocenters. The Balaban J connectivity index is 3.03. The fraction of sp³-hybridized carbons (Fsp3) is 0. The number of hydrogen-bond acceptors (Lipinski definition) is 1. The van der Waals surface area contributed by atoms with Crippen molar-refractivity contribution in [1.82, 2.24) is 4.98 Å². The van der Waals surface area contributed by atoms with E-state index in [4.69, 9.17) is 0 Å². The first-order chi connectivity index (χ1) is 3.79. The van der Waals surface area contributed by atoms with E-state index >= 15 is 0 Å². The Bertz CT molecular complexity index is 151. The van der Waals surface area contributed by atoms with E-state index in [9.17, 15) is 4.39 Å². The van der Waals surface area contributed by atoms with Crippen molar-refractivity contribution < 1.29 is 4.39 Å². The zero-order valence-electron chi connectivity index (χ0n) is 4.06. The first kappa shape index (κ1) is 6.01. The topological polar surface area (TPSA) is 12.9 Å². The van der Waals surface area contributed by atoms with Crippen molar-refractivity contribution >= 4 is 26.1 Å². The van der Waals surface area contributed by atoms with Gasteiger partial charge in [-0.2, -0.15) is 0 Å². The van der Waals surface area contributed by atoms with Crippen LogP contribution in [-0.2, 0) is 0 Å². The van der Waals surface area contributed by atoms with Crippen molar-refractivity contribution in [2.24, 2.45) is 0 Å². The third-order valence-corrected chi connectivity index (χ3v) is 1.57. The second-order valence-electron chi connectivity index (χ2n) is 1.37. The predicted octanol–water partition coefficient (Wildman–Crippen LogP) is 0.0145. The second kappa shape index (κ2) is 2.44. The third kappa shape index (κ3) is 1.43. The normalized spacial score (nSPS) is 9.25. The van der Waals surface area contributed by atoms with Crippen LogP contribution < -0.4 is 3.58 Å². The first-order valence-corrected chi connectivity index (χ1v) is 3.55. The average Bonchev–Trinajstić information content (AvgIpc) is 1.77. The zero-order chi connectivity index (χ0) is 5.98. The molecule has 0 fully saturated rings. The van der Waals surface area contributed by atoms with Crippen LogP contribution in [0.2, 0.25) is 0 Å². The molecule has 0 aliphatic carbocycles. The Morgan fingerprint density at radius 2 is 2.25 bits per heavy atom. The molecule has 39 valence electrons. The number of rotatable bonds is 0. The molecule has 0 spiro atoms. The fourth-order valence-electron chi connectivity index (χ4n) is 0.376. The SMILES string of the molecule is Fc1cc[c]([Sn])cn1. The first-order valence-electron chi connectivity index (χ1n) is 2.12.